The van der Waals surface area contributed by atoms with Crippen LogP contribution in [0.5, 0.6) is 0 Å². The summed E-state index contributed by atoms with van der Waals surface area (Å²) in [4.78, 5) is -0.670. The molecule has 5 nitrogen and oxygen atoms in total. The summed E-state index contributed by atoms with van der Waals surface area (Å²) in [7, 11) is -4.36. The summed E-state index contributed by atoms with van der Waals surface area (Å²) in [5.41, 5.74) is -0.721. The Labute approximate surface area is 107 Å². The zero-order chi connectivity index (χ0) is 14.6. The molecule has 1 aromatic rings. The van der Waals surface area contributed by atoms with Crippen LogP contribution in [0.15, 0.2) is 23.1 Å². The fraction of sp³-hybridized carbons (Fsp3) is 0.300. The van der Waals surface area contributed by atoms with Crippen molar-refractivity contribution >= 4 is 10.0 Å². The van der Waals surface area contributed by atoms with Crippen LogP contribution in [0.1, 0.15) is 5.56 Å². The van der Waals surface area contributed by atoms with Gasteiger partial charge in [-0.1, -0.05) is 6.07 Å². The lowest BCUT2D eigenvalue weighted by Gasteiger charge is -2.12. The van der Waals surface area contributed by atoms with Crippen molar-refractivity contribution in [3.8, 4) is 6.07 Å². The van der Waals surface area contributed by atoms with Crippen LogP contribution >= 0.6 is 0 Å². The highest BCUT2D eigenvalue weighted by molar-refractivity contribution is 7.89. The molecule has 1 unspecified atom stereocenters. The van der Waals surface area contributed by atoms with E-state index in [0.29, 0.717) is 0 Å². The molecule has 0 amide bonds. The second-order valence-electron chi connectivity index (χ2n) is 3.48. The van der Waals surface area contributed by atoms with Gasteiger partial charge in [0.2, 0.25) is 10.0 Å². The summed E-state index contributed by atoms with van der Waals surface area (Å²) >= 11 is 0. The fourth-order valence-corrected chi connectivity index (χ4v) is 2.41. The molecular formula is C10H9F3N2O3S. The molecule has 0 aliphatic rings. The summed E-state index contributed by atoms with van der Waals surface area (Å²) in [6, 6.07) is 4.29. The highest BCUT2D eigenvalue weighted by Gasteiger charge is 2.24. The first-order chi connectivity index (χ1) is 8.79. The van der Waals surface area contributed by atoms with Crippen LogP contribution in [0.25, 0.3) is 0 Å². The van der Waals surface area contributed by atoms with Gasteiger partial charge < -0.3 is 5.11 Å². The van der Waals surface area contributed by atoms with Crippen LogP contribution in [0, 0.1) is 17.1 Å². The summed E-state index contributed by atoms with van der Waals surface area (Å²) in [6.07, 6.45) is -5.31. The average molecular weight is 294 g/mol. The molecule has 1 rings (SSSR count). The molecule has 0 heterocycles. The van der Waals surface area contributed by atoms with Crippen LogP contribution in [0.4, 0.5) is 13.2 Å². The quantitative estimate of drug-likeness (QED) is 0.832. The van der Waals surface area contributed by atoms with Gasteiger partial charge in [0.1, 0.15) is 28.4 Å². The molecule has 1 aromatic carbocycles. The Morgan fingerprint density at radius 3 is 2.58 bits per heavy atom. The van der Waals surface area contributed by atoms with E-state index in [9.17, 15) is 21.6 Å². The van der Waals surface area contributed by atoms with Crippen LogP contribution < -0.4 is 4.72 Å². The van der Waals surface area contributed by atoms with Gasteiger partial charge in [-0.2, -0.15) is 5.26 Å². The van der Waals surface area contributed by atoms with Gasteiger partial charge in [0.25, 0.3) is 6.43 Å². The molecule has 19 heavy (non-hydrogen) atoms. The van der Waals surface area contributed by atoms with E-state index in [2.05, 4.69) is 0 Å². The second-order valence-corrected chi connectivity index (χ2v) is 5.21. The van der Waals surface area contributed by atoms with Crippen molar-refractivity contribution in [3.63, 3.8) is 0 Å². The number of rotatable bonds is 5. The Balaban J connectivity index is 3.03. The van der Waals surface area contributed by atoms with Gasteiger partial charge in [-0.3, -0.25) is 0 Å². The molecule has 0 aromatic heterocycles. The summed E-state index contributed by atoms with van der Waals surface area (Å²) in [5.74, 6) is -1.04. The Bertz CT molecular complexity index is 599. The van der Waals surface area contributed by atoms with Gasteiger partial charge in [0, 0.05) is 6.54 Å². The van der Waals surface area contributed by atoms with Crippen molar-refractivity contribution in [2.75, 3.05) is 6.54 Å². The summed E-state index contributed by atoms with van der Waals surface area (Å²) in [5, 5.41) is 17.5. The zero-order valence-electron chi connectivity index (χ0n) is 9.35. The van der Waals surface area contributed by atoms with Gasteiger partial charge in [0.05, 0.1) is 0 Å². The number of sulfonamides is 1. The largest absolute Gasteiger partial charge is 0.386 e. The summed E-state index contributed by atoms with van der Waals surface area (Å²) < 4.78 is 62.4. The maximum atomic E-state index is 13.2. The number of hydrogen-bond donors (Lipinski definition) is 2. The number of halogens is 3. The van der Waals surface area contributed by atoms with E-state index in [4.69, 9.17) is 10.4 Å². The fourth-order valence-electron chi connectivity index (χ4n) is 1.20. The van der Waals surface area contributed by atoms with Crippen LogP contribution in [0.3, 0.4) is 0 Å². The molecule has 0 spiro atoms. The van der Waals surface area contributed by atoms with Crippen LogP contribution in [-0.4, -0.2) is 32.6 Å². The third-order valence-corrected chi connectivity index (χ3v) is 3.62. The van der Waals surface area contributed by atoms with E-state index < -0.39 is 45.4 Å². The lowest BCUT2D eigenvalue weighted by atomic mass is 10.2. The van der Waals surface area contributed by atoms with Crippen LogP contribution in [-0.2, 0) is 10.0 Å². The van der Waals surface area contributed by atoms with E-state index in [0.717, 1.165) is 18.2 Å². The minimum Gasteiger partial charge on any atom is -0.386 e. The lowest BCUT2D eigenvalue weighted by Crippen LogP contribution is -2.36. The Kier molecular flexibility index (Phi) is 4.88. The molecule has 0 aliphatic carbocycles. The third kappa shape index (κ3) is 3.66. The molecule has 104 valence electrons. The van der Waals surface area contributed by atoms with E-state index in [1.54, 1.807) is 4.72 Å². The predicted octanol–water partition coefficient (Wildman–Crippen LogP) is 0.602. The van der Waals surface area contributed by atoms with Gasteiger partial charge in [0.15, 0.2) is 0 Å². The Morgan fingerprint density at radius 1 is 1.42 bits per heavy atom. The van der Waals surface area contributed by atoms with E-state index >= 15 is 0 Å². The SMILES string of the molecule is N#Cc1c(F)cccc1S(=O)(=O)NCC(O)C(F)F. The minimum absolute atomic E-state index is 0.670. The standard InChI is InChI=1S/C10H9F3N2O3S/c11-7-2-1-3-9(6(7)4-14)19(17,18)15-5-8(16)10(12)13/h1-3,8,10,15-16H,5H2. The van der Waals surface area contributed by atoms with Gasteiger partial charge in [-0.05, 0) is 12.1 Å². The third-order valence-electron chi connectivity index (χ3n) is 2.15. The van der Waals surface area contributed by atoms with Gasteiger partial charge >= 0.3 is 0 Å². The topological polar surface area (TPSA) is 90.2 Å². The van der Waals surface area contributed by atoms with E-state index in [1.807, 2.05) is 0 Å². The molecule has 9 heteroatoms. The molecule has 0 fully saturated rings. The average Bonchev–Trinajstić information content (AvgIpc) is 2.35. The number of nitrogens with zero attached hydrogens (tertiary/aromatic N) is 1. The van der Waals surface area contributed by atoms with Crippen molar-refractivity contribution in [2.24, 2.45) is 0 Å². The van der Waals surface area contributed by atoms with Crippen LogP contribution in [0.2, 0.25) is 0 Å². The number of aliphatic hydroxyl groups is 1. The molecule has 2 N–H and O–H groups in total. The maximum absolute atomic E-state index is 13.2. The molecule has 1 atom stereocenters. The normalized spacial score (nSPS) is 13.3. The first kappa shape index (κ1) is 15.4. The number of hydrogen-bond acceptors (Lipinski definition) is 4. The lowest BCUT2D eigenvalue weighted by molar-refractivity contribution is -0.000452. The first-order valence-corrected chi connectivity index (χ1v) is 6.42. The van der Waals surface area contributed by atoms with E-state index in [1.165, 1.54) is 6.07 Å². The highest BCUT2D eigenvalue weighted by atomic mass is 32.2. The smallest absolute Gasteiger partial charge is 0.265 e. The number of aliphatic hydroxyl groups excluding tert-OH is 1. The number of nitriles is 1. The van der Waals surface area contributed by atoms with Crippen molar-refractivity contribution in [3.05, 3.63) is 29.6 Å². The Hall–Kier alpha value is -1.63. The molecule has 0 aliphatic heterocycles. The van der Waals surface area contributed by atoms with Crippen molar-refractivity contribution < 1.29 is 26.7 Å². The number of alkyl halides is 2. The molecule has 0 saturated carbocycles. The molecule has 0 saturated heterocycles. The number of nitrogens with one attached hydrogen (secondary N) is 1. The van der Waals surface area contributed by atoms with Crippen molar-refractivity contribution in [2.45, 2.75) is 17.4 Å². The minimum atomic E-state index is -4.36. The first-order valence-electron chi connectivity index (χ1n) is 4.94. The molecule has 0 radical (unpaired) electrons. The number of benzene rings is 1. The molecular weight excluding hydrogens is 285 g/mol. The monoisotopic (exact) mass is 294 g/mol. The van der Waals surface area contributed by atoms with Crippen molar-refractivity contribution in [1.82, 2.24) is 4.72 Å². The molecule has 0 bridgehead atoms. The maximum Gasteiger partial charge on any atom is 0.265 e. The van der Waals surface area contributed by atoms with Gasteiger partial charge in [-0.25, -0.2) is 26.3 Å². The second kappa shape index (κ2) is 6.01. The predicted molar refractivity (Wildman–Crippen MR) is 58.3 cm³/mol. The van der Waals surface area contributed by atoms with Gasteiger partial charge in [-0.15, -0.1) is 0 Å². The van der Waals surface area contributed by atoms with Crippen molar-refractivity contribution in [1.29, 1.82) is 5.26 Å². The summed E-state index contributed by atoms with van der Waals surface area (Å²) in [6.45, 7) is -0.943. The highest BCUT2D eigenvalue weighted by Crippen LogP contribution is 2.17. The van der Waals surface area contributed by atoms with E-state index in [-0.39, 0.29) is 0 Å². The zero-order valence-corrected chi connectivity index (χ0v) is 10.2. The Morgan fingerprint density at radius 2 is 2.05 bits per heavy atom.